The number of aryl methyl sites for hydroxylation is 3. The molecule has 0 aliphatic carbocycles. The Bertz CT molecular complexity index is 847. The number of alkyl halides is 2. The first kappa shape index (κ1) is 22.4. The molecule has 0 fully saturated rings. The summed E-state index contributed by atoms with van der Waals surface area (Å²) in [5.74, 6) is -2.65. The van der Waals surface area contributed by atoms with E-state index in [0.717, 1.165) is 38.9 Å². The van der Waals surface area contributed by atoms with Gasteiger partial charge in [0.25, 0.3) is 0 Å². The van der Waals surface area contributed by atoms with Gasteiger partial charge < -0.3 is 5.73 Å². The van der Waals surface area contributed by atoms with Crippen LogP contribution in [0.5, 0.6) is 0 Å². The van der Waals surface area contributed by atoms with Gasteiger partial charge in [-0.25, -0.2) is 8.78 Å². The van der Waals surface area contributed by atoms with Gasteiger partial charge in [-0.3, -0.25) is 4.72 Å². The van der Waals surface area contributed by atoms with Crippen LogP contribution < -0.4 is 10.5 Å². The first-order valence-electron chi connectivity index (χ1n) is 9.45. The van der Waals surface area contributed by atoms with E-state index in [-0.39, 0.29) is 12.8 Å². The molecule has 0 aliphatic rings. The van der Waals surface area contributed by atoms with E-state index in [1.165, 1.54) is 11.9 Å². The van der Waals surface area contributed by atoms with Crippen LogP contribution in [0.15, 0.2) is 36.9 Å². The Morgan fingerprint density at radius 3 is 2.36 bits per heavy atom. The normalized spacial score (nSPS) is 11.6. The summed E-state index contributed by atoms with van der Waals surface area (Å²) < 4.78 is 30.9. The zero-order valence-electron chi connectivity index (χ0n) is 17.2. The van der Waals surface area contributed by atoms with Crippen molar-refractivity contribution in [2.75, 3.05) is 12.8 Å². The van der Waals surface area contributed by atoms with Gasteiger partial charge in [-0.05, 0) is 66.8 Å². The maximum atomic E-state index is 14.0. The molecule has 0 spiro atoms. The third-order valence-corrected chi connectivity index (χ3v) is 5.58. The Hall–Kier alpha value is -1.85. The number of halogens is 2. The van der Waals surface area contributed by atoms with Crippen LogP contribution in [-0.2, 0) is 6.42 Å². The standard InChI is InChI=1S/C23H30F2N2S/c1-15-6-8-21(17(3)22(15)18(4)26)20-9-7-19(14-16(20)2)10-11-23(24,25)12-13-27-28-5/h6-9,14,27H,4,10-13,26H2,1-3,5H3. The van der Waals surface area contributed by atoms with E-state index in [0.29, 0.717) is 18.7 Å². The Labute approximate surface area is 171 Å². The molecule has 0 atom stereocenters. The fourth-order valence-electron chi connectivity index (χ4n) is 3.60. The fraction of sp³-hybridized carbons (Fsp3) is 0.391. The molecule has 5 heteroatoms. The van der Waals surface area contributed by atoms with Gasteiger partial charge in [-0.1, -0.05) is 48.9 Å². The summed E-state index contributed by atoms with van der Waals surface area (Å²) in [6.07, 6.45) is 1.93. The Balaban J connectivity index is 2.19. The number of hydrogen-bond donors (Lipinski definition) is 2. The van der Waals surface area contributed by atoms with Gasteiger partial charge in [-0.2, -0.15) is 0 Å². The molecule has 3 N–H and O–H groups in total. The van der Waals surface area contributed by atoms with Gasteiger partial charge in [0.05, 0.1) is 0 Å². The minimum absolute atomic E-state index is 0.136. The molecule has 0 amide bonds. The number of nitrogens with one attached hydrogen (secondary N) is 1. The van der Waals surface area contributed by atoms with Crippen molar-refractivity contribution in [2.45, 2.75) is 46.0 Å². The summed E-state index contributed by atoms with van der Waals surface area (Å²) in [4.78, 5) is 0. The minimum Gasteiger partial charge on any atom is -0.399 e. The molecule has 28 heavy (non-hydrogen) atoms. The molecule has 152 valence electrons. The van der Waals surface area contributed by atoms with Crippen molar-refractivity contribution >= 4 is 17.6 Å². The third kappa shape index (κ3) is 5.58. The second kappa shape index (κ2) is 9.57. The first-order chi connectivity index (χ1) is 13.2. The number of rotatable bonds is 9. The third-order valence-electron chi connectivity index (χ3n) is 5.09. The smallest absolute Gasteiger partial charge is 0.249 e. The zero-order chi connectivity index (χ0) is 20.9. The second-order valence-corrected chi connectivity index (χ2v) is 8.01. The molecule has 0 bridgehead atoms. The van der Waals surface area contributed by atoms with E-state index in [4.69, 9.17) is 5.73 Å². The lowest BCUT2D eigenvalue weighted by molar-refractivity contribution is -0.0139. The van der Waals surface area contributed by atoms with Crippen LogP contribution in [0.4, 0.5) is 8.78 Å². The monoisotopic (exact) mass is 404 g/mol. The van der Waals surface area contributed by atoms with Crippen molar-refractivity contribution < 1.29 is 8.78 Å². The molecule has 2 nitrogen and oxygen atoms in total. The summed E-state index contributed by atoms with van der Waals surface area (Å²) in [6.45, 7) is 10.3. The van der Waals surface area contributed by atoms with Crippen LogP contribution >= 0.6 is 11.9 Å². The molecule has 0 saturated heterocycles. The van der Waals surface area contributed by atoms with Gasteiger partial charge in [0.2, 0.25) is 5.92 Å². The lowest BCUT2D eigenvalue weighted by Crippen LogP contribution is -2.22. The average molecular weight is 405 g/mol. The van der Waals surface area contributed by atoms with E-state index in [9.17, 15) is 8.78 Å². The van der Waals surface area contributed by atoms with E-state index in [1.807, 2.05) is 51.3 Å². The molecule has 0 aromatic heterocycles. The van der Waals surface area contributed by atoms with E-state index in [1.54, 1.807) is 0 Å². The SMILES string of the molecule is C=C(N)c1c(C)ccc(-c2ccc(CCC(F)(F)CCNSC)cc2C)c1C. The molecule has 0 saturated carbocycles. The molecule has 2 aromatic carbocycles. The zero-order valence-corrected chi connectivity index (χ0v) is 18.0. The highest BCUT2D eigenvalue weighted by Crippen LogP contribution is 2.33. The Kier molecular flexibility index (Phi) is 7.67. The first-order valence-corrected chi connectivity index (χ1v) is 10.7. The van der Waals surface area contributed by atoms with Gasteiger partial charge in [0.1, 0.15) is 0 Å². The van der Waals surface area contributed by atoms with E-state index >= 15 is 0 Å². The maximum absolute atomic E-state index is 14.0. The van der Waals surface area contributed by atoms with Crippen LogP contribution in [0, 0.1) is 20.8 Å². The topological polar surface area (TPSA) is 38.0 Å². The van der Waals surface area contributed by atoms with E-state index in [2.05, 4.69) is 17.4 Å². The number of benzene rings is 2. The number of hydrogen-bond acceptors (Lipinski definition) is 3. The summed E-state index contributed by atoms with van der Waals surface area (Å²) >= 11 is 1.37. The minimum atomic E-state index is -2.65. The quantitative estimate of drug-likeness (QED) is 0.396. The summed E-state index contributed by atoms with van der Waals surface area (Å²) in [5.41, 5.74) is 13.9. The Morgan fingerprint density at radius 2 is 1.75 bits per heavy atom. The van der Waals surface area contributed by atoms with Crippen molar-refractivity contribution in [1.82, 2.24) is 4.72 Å². The highest BCUT2D eigenvalue weighted by atomic mass is 32.2. The van der Waals surface area contributed by atoms with E-state index < -0.39 is 5.92 Å². The van der Waals surface area contributed by atoms with Gasteiger partial charge in [-0.15, -0.1) is 0 Å². The average Bonchev–Trinajstić information content (AvgIpc) is 2.61. The van der Waals surface area contributed by atoms with Gasteiger partial charge in [0.15, 0.2) is 0 Å². The van der Waals surface area contributed by atoms with Crippen molar-refractivity contribution in [2.24, 2.45) is 5.73 Å². The summed E-state index contributed by atoms with van der Waals surface area (Å²) in [7, 11) is 0. The van der Waals surface area contributed by atoms with Gasteiger partial charge >= 0.3 is 0 Å². The fourth-order valence-corrected chi connectivity index (χ4v) is 3.91. The van der Waals surface area contributed by atoms with Crippen LogP contribution in [0.25, 0.3) is 16.8 Å². The van der Waals surface area contributed by atoms with Crippen LogP contribution in [0.3, 0.4) is 0 Å². The maximum Gasteiger partial charge on any atom is 0.249 e. The number of nitrogens with two attached hydrogens (primary N) is 1. The predicted octanol–water partition coefficient (Wildman–Crippen LogP) is 6.03. The summed E-state index contributed by atoms with van der Waals surface area (Å²) in [6, 6.07) is 10.1. The van der Waals surface area contributed by atoms with Crippen LogP contribution in [-0.4, -0.2) is 18.7 Å². The highest BCUT2D eigenvalue weighted by molar-refractivity contribution is 7.96. The molecule has 0 aliphatic heterocycles. The molecular formula is C23H30F2N2S. The van der Waals surface area contributed by atoms with Crippen molar-refractivity contribution in [1.29, 1.82) is 0 Å². The lowest BCUT2D eigenvalue weighted by Gasteiger charge is -2.18. The van der Waals surface area contributed by atoms with Crippen molar-refractivity contribution in [3.63, 3.8) is 0 Å². The largest absolute Gasteiger partial charge is 0.399 e. The highest BCUT2D eigenvalue weighted by Gasteiger charge is 2.27. The molecule has 2 aromatic rings. The van der Waals surface area contributed by atoms with Gasteiger partial charge in [0, 0.05) is 30.6 Å². The second-order valence-electron chi connectivity index (χ2n) is 7.31. The summed E-state index contributed by atoms with van der Waals surface area (Å²) in [5, 5.41) is 0. The Morgan fingerprint density at radius 1 is 1.07 bits per heavy atom. The lowest BCUT2D eigenvalue weighted by atomic mass is 9.89. The molecule has 0 heterocycles. The van der Waals surface area contributed by atoms with Crippen LogP contribution in [0.2, 0.25) is 0 Å². The predicted molar refractivity (Wildman–Crippen MR) is 119 cm³/mol. The van der Waals surface area contributed by atoms with Crippen LogP contribution in [0.1, 0.15) is 40.7 Å². The van der Waals surface area contributed by atoms with Crippen molar-refractivity contribution in [3.8, 4) is 11.1 Å². The molecule has 0 radical (unpaired) electrons. The molecule has 0 unspecified atom stereocenters. The molecule has 2 rings (SSSR count). The van der Waals surface area contributed by atoms with Crippen molar-refractivity contribution in [3.05, 3.63) is 64.7 Å². The molecular weight excluding hydrogens is 374 g/mol.